The zero-order valence-electron chi connectivity index (χ0n) is 13.5. The molecule has 0 atom stereocenters. The Labute approximate surface area is 146 Å². The molecule has 0 aromatic carbocycles. The summed E-state index contributed by atoms with van der Waals surface area (Å²) in [7, 11) is 0. The van der Waals surface area contributed by atoms with Crippen molar-refractivity contribution < 1.29 is 0 Å². The lowest BCUT2D eigenvalue weighted by molar-refractivity contribution is 0.796. The summed E-state index contributed by atoms with van der Waals surface area (Å²) >= 11 is 7.56. The highest BCUT2D eigenvalue weighted by Crippen LogP contribution is 2.13. The predicted molar refractivity (Wildman–Crippen MR) is 97.3 cm³/mol. The first-order valence-electron chi connectivity index (χ1n) is 7.77. The van der Waals surface area contributed by atoms with Crippen molar-refractivity contribution in [2.75, 3.05) is 13.1 Å². The molecule has 0 bridgehead atoms. The first kappa shape index (κ1) is 17.7. The number of pyridine rings is 1. The summed E-state index contributed by atoms with van der Waals surface area (Å²) in [6.07, 6.45) is 5.66. The van der Waals surface area contributed by atoms with Crippen molar-refractivity contribution in [2.45, 2.75) is 33.2 Å². The zero-order valence-corrected chi connectivity index (χ0v) is 15.0. The lowest BCUT2D eigenvalue weighted by atomic mass is 10.3. The van der Waals surface area contributed by atoms with Crippen molar-refractivity contribution in [1.82, 2.24) is 20.6 Å². The van der Waals surface area contributed by atoms with E-state index in [9.17, 15) is 0 Å². The van der Waals surface area contributed by atoms with Crippen LogP contribution in [0.3, 0.4) is 0 Å². The number of rotatable bonds is 7. The van der Waals surface area contributed by atoms with E-state index in [1.54, 1.807) is 23.6 Å². The summed E-state index contributed by atoms with van der Waals surface area (Å²) < 4.78 is 0. The van der Waals surface area contributed by atoms with Crippen LogP contribution in [0.5, 0.6) is 0 Å². The molecular weight excluding hydrogens is 330 g/mol. The van der Waals surface area contributed by atoms with E-state index < -0.39 is 0 Å². The molecule has 2 N–H and O–H groups in total. The number of thiazole rings is 1. The van der Waals surface area contributed by atoms with E-state index in [-0.39, 0.29) is 0 Å². The second-order valence-electron chi connectivity index (χ2n) is 4.93. The molecule has 2 rings (SSSR count). The van der Waals surface area contributed by atoms with E-state index in [0.717, 1.165) is 42.5 Å². The molecule has 0 unspecified atom stereocenters. The van der Waals surface area contributed by atoms with Crippen LogP contribution in [0.15, 0.2) is 29.5 Å². The molecule has 2 aromatic rings. The first-order valence-corrected chi connectivity index (χ1v) is 8.97. The number of guanidine groups is 1. The van der Waals surface area contributed by atoms with Crippen LogP contribution in [-0.2, 0) is 19.4 Å². The maximum absolute atomic E-state index is 5.79. The quantitative estimate of drug-likeness (QED) is 0.457. The minimum Gasteiger partial charge on any atom is -0.357 e. The highest BCUT2D eigenvalue weighted by molar-refractivity contribution is 7.11. The Morgan fingerprint density at radius 1 is 1.22 bits per heavy atom. The smallest absolute Gasteiger partial charge is 0.191 e. The van der Waals surface area contributed by atoms with E-state index in [4.69, 9.17) is 11.6 Å². The highest BCUT2D eigenvalue weighted by atomic mass is 35.5. The van der Waals surface area contributed by atoms with Gasteiger partial charge in [0.2, 0.25) is 0 Å². The molecule has 2 heterocycles. The molecule has 0 saturated carbocycles. The van der Waals surface area contributed by atoms with Gasteiger partial charge in [0.25, 0.3) is 0 Å². The van der Waals surface area contributed by atoms with E-state index in [1.165, 1.54) is 4.88 Å². The van der Waals surface area contributed by atoms with Crippen LogP contribution in [-0.4, -0.2) is 29.0 Å². The number of halogens is 1. The summed E-state index contributed by atoms with van der Waals surface area (Å²) in [6.45, 7) is 6.40. The van der Waals surface area contributed by atoms with Gasteiger partial charge in [-0.05, 0) is 25.0 Å². The van der Waals surface area contributed by atoms with Crippen LogP contribution in [0.2, 0.25) is 5.15 Å². The standard InChI is InChI=1S/C16H22ClN5S/c1-3-13-11-21-15(23-13)7-8-19-16(18-4-2)22-10-12-5-6-14(17)20-9-12/h5-6,9,11H,3-4,7-8,10H2,1-2H3,(H2,18,19,22). The largest absolute Gasteiger partial charge is 0.357 e. The van der Waals surface area contributed by atoms with Crippen LogP contribution in [0.25, 0.3) is 0 Å². The Morgan fingerprint density at radius 3 is 2.74 bits per heavy atom. The van der Waals surface area contributed by atoms with Crippen molar-refractivity contribution >= 4 is 28.9 Å². The Bertz CT molecular complexity index is 624. The van der Waals surface area contributed by atoms with Crippen molar-refractivity contribution in [3.63, 3.8) is 0 Å². The summed E-state index contributed by atoms with van der Waals surface area (Å²) in [4.78, 5) is 14.4. The van der Waals surface area contributed by atoms with Gasteiger partial charge in [-0.1, -0.05) is 24.6 Å². The molecule has 0 fully saturated rings. The molecule has 0 aliphatic heterocycles. The number of nitrogens with zero attached hydrogens (tertiary/aromatic N) is 3. The number of hydrogen-bond acceptors (Lipinski definition) is 4. The topological polar surface area (TPSA) is 62.2 Å². The molecule has 0 amide bonds. The molecule has 5 nitrogen and oxygen atoms in total. The maximum atomic E-state index is 5.79. The van der Waals surface area contributed by atoms with Gasteiger partial charge in [0, 0.05) is 36.8 Å². The van der Waals surface area contributed by atoms with Crippen molar-refractivity contribution in [2.24, 2.45) is 4.99 Å². The molecule has 0 aliphatic rings. The van der Waals surface area contributed by atoms with Gasteiger partial charge in [-0.3, -0.25) is 0 Å². The normalized spacial score (nSPS) is 11.5. The summed E-state index contributed by atoms with van der Waals surface area (Å²) in [5, 5.41) is 8.24. The van der Waals surface area contributed by atoms with Crippen LogP contribution in [0.4, 0.5) is 0 Å². The molecule has 0 radical (unpaired) electrons. The van der Waals surface area contributed by atoms with Crippen molar-refractivity contribution in [3.8, 4) is 0 Å². The van der Waals surface area contributed by atoms with E-state index in [2.05, 4.69) is 39.4 Å². The third-order valence-electron chi connectivity index (χ3n) is 3.13. The second-order valence-corrected chi connectivity index (χ2v) is 6.52. The third kappa shape index (κ3) is 6.15. The Kier molecular flexibility index (Phi) is 7.29. The molecule has 0 aliphatic carbocycles. The van der Waals surface area contributed by atoms with Gasteiger partial charge in [-0.25, -0.2) is 15.0 Å². The number of aromatic nitrogens is 2. The summed E-state index contributed by atoms with van der Waals surface area (Å²) in [5.74, 6) is 0.801. The molecule has 0 spiro atoms. The second kappa shape index (κ2) is 9.47. The Balaban J connectivity index is 1.84. The number of hydrogen-bond donors (Lipinski definition) is 2. The van der Waals surface area contributed by atoms with Crippen molar-refractivity contribution in [1.29, 1.82) is 0 Å². The zero-order chi connectivity index (χ0) is 16.5. The van der Waals surface area contributed by atoms with Gasteiger partial charge in [0.15, 0.2) is 5.96 Å². The van der Waals surface area contributed by atoms with Crippen LogP contribution in [0, 0.1) is 0 Å². The molecular formula is C16H22ClN5S. The van der Waals surface area contributed by atoms with E-state index >= 15 is 0 Å². The number of aryl methyl sites for hydroxylation is 1. The SMILES string of the molecule is CCNC(=NCc1ccc(Cl)nc1)NCCc1ncc(CC)s1. The lowest BCUT2D eigenvalue weighted by Gasteiger charge is -2.10. The maximum Gasteiger partial charge on any atom is 0.191 e. The van der Waals surface area contributed by atoms with Gasteiger partial charge in [-0.15, -0.1) is 11.3 Å². The fourth-order valence-corrected chi connectivity index (χ4v) is 2.90. The van der Waals surface area contributed by atoms with Crippen LogP contribution >= 0.6 is 22.9 Å². The molecule has 23 heavy (non-hydrogen) atoms. The summed E-state index contributed by atoms with van der Waals surface area (Å²) in [6, 6.07) is 3.71. The summed E-state index contributed by atoms with van der Waals surface area (Å²) in [5.41, 5.74) is 1.03. The van der Waals surface area contributed by atoms with Crippen LogP contribution < -0.4 is 10.6 Å². The lowest BCUT2D eigenvalue weighted by Crippen LogP contribution is -2.38. The van der Waals surface area contributed by atoms with Gasteiger partial charge >= 0.3 is 0 Å². The number of aliphatic imine (C=N–C) groups is 1. The first-order chi connectivity index (χ1) is 11.2. The van der Waals surface area contributed by atoms with Gasteiger partial charge in [-0.2, -0.15) is 0 Å². The minimum absolute atomic E-state index is 0.498. The molecule has 124 valence electrons. The van der Waals surface area contributed by atoms with Crippen molar-refractivity contribution in [3.05, 3.63) is 45.1 Å². The van der Waals surface area contributed by atoms with E-state index in [1.807, 2.05) is 12.3 Å². The third-order valence-corrected chi connectivity index (χ3v) is 4.56. The molecule has 2 aromatic heterocycles. The molecule has 0 saturated heterocycles. The average Bonchev–Trinajstić information content (AvgIpc) is 3.02. The highest BCUT2D eigenvalue weighted by Gasteiger charge is 2.02. The van der Waals surface area contributed by atoms with Gasteiger partial charge in [0.05, 0.1) is 11.6 Å². The minimum atomic E-state index is 0.498. The van der Waals surface area contributed by atoms with E-state index in [0.29, 0.717) is 11.7 Å². The molecule has 7 heteroatoms. The van der Waals surface area contributed by atoms with Gasteiger partial charge < -0.3 is 10.6 Å². The van der Waals surface area contributed by atoms with Gasteiger partial charge in [0.1, 0.15) is 5.15 Å². The fourth-order valence-electron chi connectivity index (χ4n) is 1.93. The predicted octanol–water partition coefficient (Wildman–Crippen LogP) is 3.05. The monoisotopic (exact) mass is 351 g/mol. The Hall–Kier alpha value is -1.66. The number of nitrogens with one attached hydrogen (secondary N) is 2. The van der Waals surface area contributed by atoms with Crippen LogP contribution in [0.1, 0.15) is 29.3 Å². The fraction of sp³-hybridized carbons (Fsp3) is 0.438. The average molecular weight is 352 g/mol. The Morgan fingerprint density at radius 2 is 2.09 bits per heavy atom.